The molecule has 1 aromatic rings. The lowest BCUT2D eigenvalue weighted by molar-refractivity contribution is 0.0278. The maximum absolute atomic E-state index is 5.76. The lowest BCUT2D eigenvalue weighted by Crippen LogP contribution is -2.61. The second-order valence-corrected chi connectivity index (χ2v) is 3.67. The molecule has 0 aromatic carbocycles. The smallest absolute Gasteiger partial charge is 0.257 e. The molecule has 0 saturated carbocycles. The van der Waals surface area contributed by atoms with Gasteiger partial charge in [-0.2, -0.15) is 0 Å². The summed E-state index contributed by atoms with van der Waals surface area (Å²) in [6, 6.07) is 3.67. The van der Waals surface area contributed by atoms with E-state index in [9.17, 15) is 0 Å². The maximum atomic E-state index is 5.76. The number of methoxy groups -OCH3 is 1. The van der Waals surface area contributed by atoms with Crippen LogP contribution >= 0.6 is 0 Å². The van der Waals surface area contributed by atoms with Crippen LogP contribution in [0.3, 0.4) is 0 Å². The highest BCUT2D eigenvalue weighted by molar-refractivity contribution is 5.33. The molecule has 4 nitrogen and oxygen atoms in total. The van der Waals surface area contributed by atoms with Gasteiger partial charge < -0.3 is 14.8 Å². The van der Waals surface area contributed by atoms with Crippen LogP contribution in [0.2, 0.25) is 0 Å². The molecule has 0 unspecified atom stereocenters. The average molecular weight is 194 g/mol. The number of pyridine rings is 1. The van der Waals surface area contributed by atoms with Crippen molar-refractivity contribution in [3.63, 3.8) is 0 Å². The normalized spacial score (nSPS) is 18.4. The monoisotopic (exact) mass is 194 g/mol. The molecular formula is C10H14N2O2. The molecule has 1 fully saturated rings. The van der Waals surface area contributed by atoms with Gasteiger partial charge in [0, 0.05) is 19.3 Å². The van der Waals surface area contributed by atoms with Crippen LogP contribution in [0.25, 0.3) is 0 Å². The second-order valence-electron chi connectivity index (χ2n) is 3.67. The van der Waals surface area contributed by atoms with E-state index in [1.165, 1.54) is 0 Å². The number of hydrogen-bond donors (Lipinski definition) is 1. The van der Waals surface area contributed by atoms with E-state index in [1.807, 2.05) is 12.1 Å². The first-order chi connectivity index (χ1) is 6.73. The third kappa shape index (κ3) is 1.65. The maximum Gasteiger partial charge on any atom is 0.257 e. The van der Waals surface area contributed by atoms with E-state index in [4.69, 9.17) is 9.47 Å². The molecule has 0 aliphatic carbocycles. The molecule has 1 aromatic heterocycles. The van der Waals surface area contributed by atoms with Crippen LogP contribution in [-0.2, 0) is 0 Å². The number of aromatic nitrogens is 1. The minimum atomic E-state index is -0.137. The highest BCUT2D eigenvalue weighted by atomic mass is 16.5. The van der Waals surface area contributed by atoms with Crippen molar-refractivity contribution in [3.05, 3.63) is 18.3 Å². The largest absolute Gasteiger partial charge is 0.491 e. The van der Waals surface area contributed by atoms with Gasteiger partial charge in [0.05, 0.1) is 7.11 Å². The number of hydrogen-bond acceptors (Lipinski definition) is 4. The standard InChI is InChI=1S/C10H14N2O2/c1-10(6-11-7-10)14-9-8(13-2)4-3-5-12-9/h3-5,11H,6-7H2,1-2H3. The Kier molecular flexibility index (Phi) is 2.29. The van der Waals surface area contributed by atoms with Crippen LogP contribution in [0.15, 0.2) is 18.3 Å². The van der Waals surface area contributed by atoms with Gasteiger partial charge in [-0.25, -0.2) is 4.98 Å². The molecular weight excluding hydrogens is 180 g/mol. The fourth-order valence-corrected chi connectivity index (χ4v) is 1.39. The molecule has 0 amide bonds. The summed E-state index contributed by atoms with van der Waals surface area (Å²) < 4.78 is 10.9. The van der Waals surface area contributed by atoms with Gasteiger partial charge >= 0.3 is 0 Å². The zero-order valence-corrected chi connectivity index (χ0v) is 8.41. The van der Waals surface area contributed by atoms with Gasteiger partial charge in [0.15, 0.2) is 5.75 Å². The lowest BCUT2D eigenvalue weighted by Gasteiger charge is -2.38. The molecule has 1 saturated heterocycles. The van der Waals surface area contributed by atoms with Gasteiger partial charge in [-0.15, -0.1) is 0 Å². The molecule has 4 heteroatoms. The Labute approximate surface area is 83.2 Å². The van der Waals surface area contributed by atoms with Gasteiger partial charge in [-0.05, 0) is 19.1 Å². The van der Waals surface area contributed by atoms with Gasteiger partial charge in [-0.1, -0.05) is 0 Å². The van der Waals surface area contributed by atoms with Crippen LogP contribution in [0.1, 0.15) is 6.92 Å². The Morgan fingerprint density at radius 1 is 1.50 bits per heavy atom. The Morgan fingerprint density at radius 2 is 2.29 bits per heavy atom. The number of nitrogens with zero attached hydrogens (tertiary/aromatic N) is 1. The first kappa shape index (κ1) is 9.27. The van der Waals surface area contributed by atoms with E-state index in [0.717, 1.165) is 13.1 Å². The summed E-state index contributed by atoms with van der Waals surface area (Å²) in [5, 5.41) is 3.17. The number of nitrogens with one attached hydrogen (secondary N) is 1. The fraction of sp³-hybridized carbons (Fsp3) is 0.500. The summed E-state index contributed by atoms with van der Waals surface area (Å²) in [5.74, 6) is 1.25. The molecule has 0 radical (unpaired) electrons. The third-order valence-electron chi connectivity index (χ3n) is 2.30. The topological polar surface area (TPSA) is 43.4 Å². The van der Waals surface area contributed by atoms with E-state index in [-0.39, 0.29) is 5.60 Å². The van der Waals surface area contributed by atoms with Crippen molar-refractivity contribution in [2.75, 3.05) is 20.2 Å². The summed E-state index contributed by atoms with van der Waals surface area (Å²) in [4.78, 5) is 4.14. The summed E-state index contributed by atoms with van der Waals surface area (Å²) >= 11 is 0. The van der Waals surface area contributed by atoms with Gasteiger partial charge in [-0.3, -0.25) is 0 Å². The predicted molar refractivity (Wildman–Crippen MR) is 52.7 cm³/mol. The fourth-order valence-electron chi connectivity index (χ4n) is 1.39. The van der Waals surface area contributed by atoms with Crippen molar-refractivity contribution >= 4 is 0 Å². The van der Waals surface area contributed by atoms with Gasteiger partial charge in [0.2, 0.25) is 0 Å². The molecule has 0 bridgehead atoms. The highest BCUT2D eigenvalue weighted by Gasteiger charge is 2.35. The summed E-state index contributed by atoms with van der Waals surface area (Å²) in [6.45, 7) is 3.76. The number of rotatable bonds is 3. The van der Waals surface area contributed by atoms with Crippen molar-refractivity contribution in [3.8, 4) is 11.6 Å². The minimum Gasteiger partial charge on any atom is -0.491 e. The lowest BCUT2D eigenvalue weighted by atomic mass is 10.0. The van der Waals surface area contributed by atoms with E-state index in [0.29, 0.717) is 11.6 Å². The van der Waals surface area contributed by atoms with Gasteiger partial charge in [0.1, 0.15) is 5.60 Å². The highest BCUT2D eigenvalue weighted by Crippen LogP contribution is 2.28. The van der Waals surface area contributed by atoms with Crippen LogP contribution < -0.4 is 14.8 Å². The molecule has 76 valence electrons. The van der Waals surface area contributed by atoms with Crippen molar-refractivity contribution in [2.24, 2.45) is 0 Å². The van der Waals surface area contributed by atoms with Gasteiger partial charge in [0.25, 0.3) is 5.88 Å². The minimum absolute atomic E-state index is 0.137. The van der Waals surface area contributed by atoms with Crippen LogP contribution in [0.5, 0.6) is 11.6 Å². The summed E-state index contributed by atoms with van der Waals surface area (Å²) in [7, 11) is 1.62. The molecule has 0 spiro atoms. The van der Waals surface area contributed by atoms with E-state index >= 15 is 0 Å². The summed E-state index contributed by atoms with van der Waals surface area (Å²) in [6.07, 6.45) is 1.70. The van der Waals surface area contributed by atoms with Crippen LogP contribution in [0, 0.1) is 0 Å². The quantitative estimate of drug-likeness (QED) is 0.774. The molecule has 2 heterocycles. The van der Waals surface area contributed by atoms with E-state index in [2.05, 4.69) is 17.2 Å². The van der Waals surface area contributed by atoms with E-state index < -0.39 is 0 Å². The second kappa shape index (κ2) is 3.46. The Hall–Kier alpha value is -1.29. The third-order valence-corrected chi connectivity index (χ3v) is 2.30. The van der Waals surface area contributed by atoms with E-state index in [1.54, 1.807) is 13.3 Å². The molecule has 2 rings (SSSR count). The van der Waals surface area contributed by atoms with Crippen molar-refractivity contribution in [1.82, 2.24) is 10.3 Å². The van der Waals surface area contributed by atoms with Crippen molar-refractivity contribution in [2.45, 2.75) is 12.5 Å². The Bertz CT molecular complexity index is 324. The predicted octanol–water partition coefficient (Wildman–Crippen LogP) is 0.831. The first-order valence-electron chi connectivity index (χ1n) is 4.62. The average Bonchev–Trinajstić information content (AvgIpc) is 2.16. The van der Waals surface area contributed by atoms with Crippen LogP contribution in [-0.4, -0.2) is 30.8 Å². The molecule has 14 heavy (non-hydrogen) atoms. The first-order valence-corrected chi connectivity index (χ1v) is 4.62. The Morgan fingerprint density at radius 3 is 2.86 bits per heavy atom. The molecule has 0 atom stereocenters. The van der Waals surface area contributed by atoms with Crippen LogP contribution in [0.4, 0.5) is 0 Å². The van der Waals surface area contributed by atoms with Crippen molar-refractivity contribution < 1.29 is 9.47 Å². The zero-order chi connectivity index (χ0) is 10.0. The SMILES string of the molecule is COc1cccnc1OC1(C)CNC1. The molecule has 1 aliphatic rings. The summed E-state index contributed by atoms with van der Waals surface area (Å²) in [5.41, 5.74) is -0.137. The van der Waals surface area contributed by atoms with Crippen molar-refractivity contribution in [1.29, 1.82) is 0 Å². The molecule has 1 N–H and O–H groups in total. The zero-order valence-electron chi connectivity index (χ0n) is 8.41. The number of ether oxygens (including phenoxy) is 2. The Balaban J connectivity index is 2.15. The molecule has 1 aliphatic heterocycles.